The molecule has 0 saturated carbocycles. The van der Waals surface area contributed by atoms with Crippen molar-refractivity contribution in [2.75, 3.05) is 45.6 Å². The summed E-state index contributed by atoms with van der Waals surface area (Å²) in [5, 5.41) is 79.8. The van der Waals surface area contributed by atoms with Crippen LogP contribution in [0.2, 0.25) is 0 Å². The maximum Gasteiger partial charge on any atom is 0.156 e. The van der Waals surface area contributed by atoms with Gasteiger partial charge in [-0.3, -0.25) is 0 Å². The number of hydrogen-bond acceptors (Lipinski definition) is 28. The molecule has 101 heavy (non-hydrogen) atoms. The van der Waals surface area contributed by atoms with Gasteiger partial charge >= 0.3 is 0 Å². The zero-order chi connectivity index (χ0) is 89.8. The molecule has 4 aliphatic rings. The predicted octanol–water partition coefficient (Wildman–Crippen LogP) is 8.05. The van der Waals surface area contributed by atoms with E-state index in [9.17, 15) is 72.1 Å². The molecule has 8 aromatic rings. The second-order valence-corrected chi connectivity index (χ2v) is 29.3. The van der Waals surface area contributed by atoms with Gasteiger partial charge < -0.3 is 20.8 Å². The molecule has 0 radical (unpaired) electrons. The molecule has 0 spiro atoms. The van der Waals surface area contributed by atoms with Gasteiger partial charge in [0, 0.05) is 54.0 Å². The summed E-state index contributed by atoms with van der Waals surface area (Å²) in [6, 6.07) is 11.4. The Bertz CT molecular complexity index is 5750. The van der Waals surface area contributed by atoms with Gasteiger partial charge in [-0.15, -0.1) is 0 Å². The maximum atomic E-state index is 14.0. The smallest absolute Gasteiger partial charge is 0.156 e. The summed E-state index contributed by atoms with van der Waals surface area (Å²) in [6.45, 7) is 6.01. The number of aromatic nitrogens is 8. The van der Waals surface area contributed by atoms with Crippen molar-refractivity contribution in [1.82, 2.24) is 41.3 Å². The molecule has 12 rings (SSSR count). The fourth-order valence-corrected chi connectivity index (χ4v) is 14.3. The standard InChI is InChI=1S/2C17H20FN3O4S.C16H18FN3O4S.C15H16FN3O4S/c2*1-11-8-13(2-3-14(11)18)10-15(19-22)17-16(20-25-21-17)9-12-4-6-26(23,24)7-5-12;1-10-6-11(2-3-13(10)17)7-14(18-21)16-15(19-24-20-16)8-12-4-5-25(22,23)9-12;1-9-4-10(2-3-12(9)16)5-13(17-20)15-14(18-23-19-15)6-11-7-24(21,22)8-11/h2*2-3,8,12,22H,4-7,9-10H2,1H3;2-3,6,12,21H,4-5,7-9H2,1H3;2-4,11,20H,5-8H2,1H3/i2D,3D,6D2,7D2,8D;6D2,7D2;5D2,9D2;7D2,8D2. The van der Waals surface area contributed by atoms with Crippen molar-refractivity contribution in [3.8, 4) is 0 Å². The second-order valence-electron chi connectivity index (χ2n) is 23.1. The molecule has 4 saturated heterocycles. The second kappa shape index (κ2) is 33.5. The van der Waals surface area contributed by atoms with Gasteiger partial charge in [-0.05, 0) is 192 Å². The van der Waals surface area contributed by atoms with E-state index in [0.29, 0.717) is 33.4 Å². The number of benzene rings is 4. The van der Waals surface area contributed by atoms with E-state index < -0.39 is 177 Å². The first-order valence-corrected chi connectivity index (χ1v) is 35.9. The van der Waals surface area contributed by atoms with Crippen LogP contribution in [-0.4, -0.2) is 164 Å². The minimum absolute atomic E-state index is 0.00450. The summed E-state index contributed by atoms with van der Waals surface area (Å²) in [6.07, 6.45) is -3.54. The van der Waals surface area contributed by atoms with Crippen LogP contribution in [-0.2, 0) is 90.7 Å². The molecule has 1 atom stereocenters. The highest BCUT2D eigenvalue weighted by Crippen LogP contribution is 2.29. The summed E-state index contributed by atoms with van der Waals surface area (Å²) in [5.74, 6) is -6.45. The van der Waals surface area contributed by atoms with Crippen LogP contribution in [0.3, 0.4) is 0 Å². The summed E-state index contributed by atoms with van der Waals surface area (Å²) < 4.78 is 317. The first-order valence-electron chi connectivity index (χ1n) is 39.4. The fourth-order valence-electron chi connectivity index (χ4n) is 10.2. The molecule has 4 aliphatic heterocycles. The first kappa shape index (κ1) is 53.7. The number of nitrogens with zero attached hydrogens (tertiary/aromatic N) is 12. The highest BCUT2D eigenvalue weighted by atomic mass is 32.2. The summed E-state index contributed by atoms with van der Waals surface area (Å²) in [7, 11) is -18.6. The monoisotopic (exact) mass is 1500 g/mol. The Balaban J connectivity index is 0.000000182. The fraction of sp³-hybridized carbons (Fsp3) is 0.446. The van der Waals surface area contributed by atoms with Crippen LogP contribution in [0.15, 0.2) is 112 Å². The van der Waals surface area contributed by atoms with Crippen molar-refractivity contribution < 1.29 is 117 Å². The van der Waals surface area contributed by atoms with Crippen molar-refractivity contribution in [2.45, 2.75) is 111 Å². The number of sulfone groups is 4. The quantitative estimate of drug-likeness (QED) is 0.0242. The average Bonchev–Trinajstić information content (AvgIpc) is 0.926. The zero-order valence-electron chi connectivity index (χ0n) is 72.4. The summed E-state index contributed by atoms with van der Waals surface area (Å²) in [5.41, 5.74) is -19.4. The molecule has 36 heteroatoms. The van der Waals surface area contributed by atoms with E-state index >= 15 is 0 Å². The number of hydrogen-bond donors (Lipinski definition) is 4. The minimum Gasteiger partial charge on any atom is -0.411 e. The molecule has 8 heterocycles. The van der Waals surface area contributed by atoms with E-state index in [-0.39, 0.29) is 136 Å². The summed E-state index contributed by atoms with van der Waals surface area (Å²) >= 11 is 0. The molecule has 0 bridgehead atoms. The minimum atomic E-state index is -4.69. The van der Waals surface area contributed by atoms with Crippen LogP contribution in [0.4, 0.5) is 17.6 Å². The Morgan fingerprint density at radius 3 is 1.02 bits per heavy atom. The Labute approximate surface area is 605 Å². The predicted molar refractivity (Wildman–Crippen MR) is 356 cm³/mol. The SMILES string of the molecule is [2H]C1([2H])C(Cc2nonc2C(Cc2ccc(F)c(C)c2)=NO)C([2H])([2H])S1(=O)=O.[2H]C1([2H])CC(Cc2nonc2C(Cc2ccc(F)c(C)c2)=NO)C([2H])([2H])S1(=O)=O.[2H]C1([2H])CC(Cc2nonc2C(Cc2ccc(F)c(C)c2)=NO)CC([2H])([2H])S1(=O)=O.[2H]c1c([2H])c(CC(=NO)c2nonc2CC2CC([2H])([2H])S(=O)(=O)C([2H])([2H])C2)c([2H])c(C)c1F. The molecule has 542 valence electrons. The van der Waals surface area contributed by atoms with Gasteiger partial charge in [-0.2, -0.15) is 0 Å². The van der Waals surface area contributed by atoms with Gasteiger partial charge in [-0.25, -0.2) is 69.7 Å². The van der Waals surface area contributed by atoms with E-state index in [2.05, 4.69) is 71.1 Å². The van der Waals surface area contributed by atoms with Gasteiger partial charge in [0.15, 0.2) is 42.5 Å². The van der Waals surface area contributed by atoms with Crippen LogP contribution in [0.5, 0.6) is 0 Å². The van der Waals surface area contributed by atoms with E-state index in [0.717, 1.165) is 0 Å². The van der Waals surface area contributed by atoms with Crippen molar-refractivity contribution in [2.24, 2.45) is 44.3 Å². The number of halogens is 4. The van der Waals surface area contributed by atoms with Crippen molar-refractivity contribution in [3.63, 3.8) is 0 Å². The Morgan fingerprint density at radius 1 is 0.406 bits per heavy atom. The number of aryl methyl sites for hydroxylation is 3. The molecule has 4 fully saturated rings. The number of oxime groups is 4. The van der Waals surface area contributed by atoms with Gasteiger partial charge in [0.05, 0.1) is 49.8 Å². The lowest BCUT2D eigenvalue weighted by molar-refractivity contribution is 0.298. The van der Waals surface area contributed by atoms with Crippen molar-refractivity contribution in [1.29, 1.82) is 0 Å². The van der Waals surface area contributed by atoms with Crippen LogP contribution >= 0.6 is 0 Å². The van der Waals surface area contributed by atoms with Gasteiger partial charge in [0.25, 0.3) is 0 Å². The molecule has 4 N–H and O–H groups in total. The first-order chi connectivity index (χ1) is 55.4. The highest BCUT2D eigenvalue weighted by Gasteiger charge is 2.36. The van der Waals surface area contributed by atoms with Crippen molar-refractivity contribution in [3.05, 3.63) is 186 Å². The van der Waals surface area contributed by atoms with E-state index in [1.165, 1.54) is 43.3 Å². The van der Waals surface area contributed by atoms with Gasteiger partial charge in [-0.1, -0.05) is 89.7 Å². The molecule has 4 aromatic heterocycles. The number of rotatable bonds is 20. The van der Waals surface area contributed by atoms with Crippen molar-refractivity contribution >= 4 is 62.2 Å². The largest absolute Gasteiger partial charge is 0.411 e. The molecular weight excluding hydrogens is 1410 g/mol. The molecule has 0 amide bonds. The van der Waals surface area contributed by atoms with Crippen LogP contribution in [0.1, 0.15) is 148 Å². The average molecular weight is 1500 g/mol. The third-order valence-corrected chi connectivity index (χ3v) is 20.0. The van der Waals surface area contributed by atoms with Gasteiger partial charge in [0.2, 0.25) is 0 Å². The lowest BCUT2D eigenvalue weighted by Gasteiger charge is -2.24. The topological polar surface area (TPSA) is 423 Å². The highest BCUT2D eigenvalue weighted by molar-refractivity contribution is 7.93. The normalized spacial score (nSPS) is 25.3. The van der Waals surface area contributed by atoms with Crippen LogP contribution < -0.4 is 0 Å². The maximum absolute atomic E-state index is 14.0. The van der Waals surface area contributed by atoms with Gasteiger partial charge in [0.1, 0.15) is 88.6 Å². The molecule has 4 aromatic carbocycles. The Morgan fingerprint density at radius 2 is 0.703 bits per heavy atom. The molecular formula is C65H74F4N12O16S4. The zero-order valence-corrected chi connectivity index (χ0v) is 56.7. The summed E-state index contributed by atoms with van der Waals surface area (Å²) in [4.78, 5) is 0. The van der Waals surface area contributed by atoms with Crippen LogP contribution in [0.25, 0.3) is 0 Å². The van der Waals surface area contributed by atoms with E-state index in [1.807, 2.05) is 0 Å². The van der Waals surface area contributed by atoms with E-state index in [1.54, 1.807) is 39.0 Å². The lowest BCUT2D eigenvalue weighted by Crippen LogP contribution is -2.37. The Kier molecular flexibility index (Phi) is 17.8. The van der Waals surface area contributed by atoms with E-state index in [4.69, 9.17) is 35.3 Å². The lowest BCUT2D eigenvalue weighted by atomic mass is 9.94. The third kappa shape index (κ3) is 21.2. The Hall–Kier alpha value is -9.16. The molecule has 28 nitrogen and oxygen atoms in total. The van der Waals surface area contributed by atoms with Crippen LogP contribution in [0, 0.1) is 74.6 Å². The molecule has 1 unspecified atom stereocenters. The molecule has 0 aliphatic carbocycles. The third-order valence-electron chi connectivity index (χ3n) is 15.4.